The van der Waals surface area contributed by atoms with Crippen molar-refractivity contribution in [2.24, 2.45) is 0 Å². The van der Waals surface area contributed by atoms with Gasteiger partial charge in [0.25, 0.3) is 0 Å². The molecule has 3 heteroatoms. The van der Waals surface area contributed by atoms with Gasteiger partial charge in [-0.15, -0.1) is 0 Å². The number of quaternary nitrogens is 1. The van der Waals surface area contributed by atoms with E-state index in [0.717, 1.165) is 35.4 Å². The fourth-order valence-corrected chi connectivity index (χ4v) is 3.60. The van der Waals surface area contributed by atoms with Crippen LogP contribution in [-0.4, -0.2) is 39.3 Å². The van der Waals surface area contributed by atoms with Gasteiger partial charge in [-0.3, -0.25) is 0 Å². The highest BCUT2D eigenvalue weighted by molar-refractivity contribution is 5.49. The lowest BCUT2D eigenvalue weighted by atomic mass is 9.87. The van der Waals surface area contributed by atoms with Gasteiger partial charge in [0.15, 0.2) is 11.5 Å². The maximum Gasteiger partial charge on any atom is 0.161 e. The van der Waals surface area contributed by atoms with Gasteiger partial charge >= 0.3 is 0 Å². The molecule has 0 aromatic heterocycles. The molecular weight excluding hydrogens is 286 g/mol. The highest BCUT2D eigenvalue weighted by atomic mass is 16.5. The molecule has 1 unspecified atom stereocenters. The molecule has 0 spiro atoms. The third-order valence-corrected chi connectivity index (χ3v) is 5.08. The average molecular weight is 312 g/mol. The monoisotopic (exact) mass is 312 g/mol. The van der Waals surface area contributed by atoms with E-state index in [0.29, 0.717) is 6.04 Å². The first-order chi connectivity index (χ1) is 11.0. The van der Waals surface area contributed by atoms with E-state index in [1.165, 1.54) is 16.7 Å². The average Bonchev–Trinajstić information content (AvgIpc) is 2.57. The lowest BCUT2D eigenvalue weighted by molar-refractivity contribution is -0.923. The first-order valence-electron chi connectivity index (χ1n) is 8.16. The van der Waals surface area contributed by atoms with Crippen molar-refractivity contribution < 1.29 is 14.0 Å². The molecule has 0 N–H and O–H groups in total. The maximum absolute atomic E-state index is 5.54. The highest BCUT2D eigenvalue weighted by Gasteiger charge is 2.36. The smallest absolute Gasteiger partial charge is 0.161 e. The lowest BCUT2D eigenvalue weighted by Gasteiger charge is -2.43. The van der Waals surface area contributed by atoms with Gasteiger partial charge in [-0.05, 0) is 23.3 Å². The van der Waals surface area contributed by atoms with Crippen molar-refractivity contribution in [3.8, 4) is 11.5 Å². The summed E-state index contributed by atoms with van der Waals surface area (Å²) in [5.41, 5.74) is 4.16. The summed E-state index contributed by atoms with van der Waals surface area (Å²) in [7, 11) is 8.06. The Balaban J connectivity index is 2.04. The minimum Gasteiger partial charge on any atom is -0.493 e. The Morgan fingerprint density at radius 1 is 1.00 bits per heavy atom. The molecule has 1 atom stereocenters. The predicted molar refractivity (Wildman–Crippen MR) is 93.1 cm³/mol. The summed E-state index contributed by atoms with van der Waals surface area (Å²) in [5.74, 6) is 1.66. The van der Waals surface area contributed by atoms with Gasteiger partial charge in [-0.1, -0.05) is 30.3 Å². The van der Waals surface area contributed by atoms with Gasteiger partial charge in [0.1, 0.15) is 6.04 Å². The van der Waals surface area contributed by atoms with Gasteiger partial charge in [-0.25, -0.2) is 0 Å². The molecule has 0 saturated carbocycles. The summed E-state index contributed by atoms with van der Waals surface area (Å²) in [6, 6.07) is 15.5. The molecule has 23 heavy (non-hydrogen) atoms. The third kappa shape index (κ3) is 3.06. The molecule has 1 aliphatic heterocycles. The van der Waals surface area contributed by atoms with Crippen molar-refractivity contribution in [2.75, 3.05) is 34.9 Å². The van der Waals surface area contributed by atoms with Crippen LogP contribution in [0, 0.1) is 0 Å². The van der Waals surface area contributed by atoms with Crippen LogP contribution in [0.1, 0.15) is 22.7 Å². The number of hydrogen-bond donors (Lipinski definition) is 0. The van der Waals surface area contributed by atoms with Gasteiger partial charge in [0.2, 0.25) is 0 Å². The van der Waals surface area contributed by atoms with Crippen molar-refractivity contribution in [1.29, 1.82) is 0 Å². The standard InChI is InChI=1S/C20H26NO2/c1-21(2)11-10-16-13-19(22-3)20(23-4)14-17(16)18(21)12-15-8-6-5-7-9-15/h5-9,13-14,18H,10-12H2,1-4H3/q+1. The molecule has 0 amide bonds. The Bertz CT molecular complexity index is 680. The van der Waals surface area contributed by atoms with Crippen LogP contribution in [0.15, 0.2) is 42.5 Å². The quantitative estimate of drug-likeness (QED) is 0.803. The zero-order chi connectivity index (χ0) is 16.4. The number of hydrogen-bond acceptors (Lipinski definition) is 2. The second kappa shape index (κ2) is 6.25. The molecule has 0 fully saturated rings. The van der Waals surface area contributed by atoms with Gasteiger partial charge < -0.3 is 14.0 Å². The SMILES string of the molecule is COc1cc2c(cc1OC)C(Cc1ccccc1)[N+](C)(C)CC2. The fourth-order valence-electron chi connectivity index (χ4n) is 3.60. The van der Waals surface area contributed by atoms with Crippen molar-refractivity contribution >= 4 is 0 Å². The molecule has 0 aliphatic carbocycles. The number of methoxy groups -OCH3 is 2. The molecule has 0 bridgehead atoms. The number of likely N-dealkylation sites (N-methyl/N-ethyl adjacent to an activating group) is 1. The molecule has 3 rings (SSSR count). The van der Waals surface area contributed by atoms with Crippen LogP contribution in [0.4, 0.5) is 0 Å². The van der Waals surface area contributed by atoms with Crippen LogP contribution >= 0.6 is 0 Å². The largest absolute Gasteiger partial charge is 0.493 e. The number of fused-ring (bicyclic) bond motifs is 1. The van der Waals surface area contributed by atoms with Crippen molar-refractivity contribution in [3.05, 3.63) is 59.2 Å². The molecular formula is C20H26NO2+. The van der Waals surface area contributed by atoms with Gasteiger partial charge in [0.05, 0.1) is 34.9 Å². The Morgan fingerprint density at radius 3 is 2.30 bits per heavy atom. The number of nitrogens with zero attached hydrogens (tertiary/aromatic N) is 1. The Morgan fingerprint density at radius 2 is 1.65 bits per heavy atom. The number of ether oxygens (including phenoxy) is 2. The van der Waals surface area contributed by atoms with E-state index in [4.69, 9.17) is 9.47 Å². The van der Waals surface area contributed by atoms with Crippen molar-refractivity contribution in [2.45, 2.75) is 18.9 Å². The molecule has 2 aromatic carbocycles. The normalized spacial score (nSPS) is 19.0. The Hall–Kier alpha value is -2.00. The maximum atomic E-state index is 5.54. The van der Waals surface area contributed by atoms with E-state index in [-0.39, 0.29) is 0 Å². The summed E-state index contributed by atoms with van der Waals surface area (Å²) in [5, 5.41) is 0. The van der Waals surface area contributed by atoms with Crippen LogP contribution in [-0.2, 0) is 12.8 Å². The molecule has 1 aliphatic rings. The highest BCUT2D eigenvalue weighted by Crippen LogP contribution is 2.41. The molecule has 3 nitrogen and oxygen atoms in total. The number of rotatable bonds is 4. The van der Waals surface area contributed by atoms with E-state index in [1.807, 2.05) is 0 Å². The first kappa shape index (κ1) is 15.9. The van der Waals surface area contributed by atoms with E-state index in [1.54, 1.807) is 14.2 Å². The van der Waals surface area contributed by atoms with E-state index in [9.17, 15) is 0 Å². The molecule has 0 radical (unpaired) electrons. The van der Waals surface area contributed by atoms with Crippen LogP contribution in [0.2, 0.25) is 0 Å². The van der Waals surface area contributed by atoms with Crippen LogP contribution in [0.5, 0.6) is 11.5 Å². The Kier molecular flexibility index (Phi) is 4.31. The summed E-state index contributed by atoms with van der Waals surface area (Å²) >= 11 is 0. The third-order valence-electron chi connectivity index (χ3n) is 5.08. The molecule has 2 aromatic rings. The molecule has 122 valence electrons. The minimum absolute atomic E-state index is 0.431. The molecule has 1 heterocycles. The van der Waals surface area contributed by atoms with Crippen LogP contribution in [0.25, 0.3) is 0 Å². The summed E-state index contributed by atoms with van der Waals surface area (Å²) in [4.78, 5) is 0. The topological polar surface area (TPSA) is 18.5 Å². The van der Waals surface area contributed by atoms with E-state index < -0.39 is 0 Å². The predicted octanol–water partition coefficient (Wildman–Crippen LogP) is 3.62. The zero-order valence-electron chi connectivity index (χ0n) is 14.5. The first-order valence-corrected chi connectivity index (χ1v) is 8.16. The lowest BCUT2D eigenvalue weighted by Crippen LogP contribution is -2.48. The van der Waals surface area contributed by atoms with Crippen LogP contribution < -0.4 is 9.47 Å². The minimum atomic E-state index is 0.431. The van der Waals surface area contributed by atoms with Gasteiger partial charge in [-0.2, -0.15) is 0 Å². The van der Waals surface area contributed by atoms with Crippen molar-refractivity contribution in [1.82, 2.24) is 0 Å². The molecule has 0 saturated heterocycles. The number of benzene rings is 2. The second-order valence-electron chi connectivity index (χ2n) is 6.86. The van der Waals surface area contributed by atoms with Crippen LogP contribution in [0.3, 0.4) is 0 Å². The zero-order valence-corrected chi connectivity index (χ0v) is 14.5. The summed E-state index contributed by atoms with van der Waals surface area (Å²) in [6.07, 6.45) is 2.12. The summed E-state index contributed by atoms with van der Waals surface area (Å²) < 4.78 is 12.0. The second-order valence-corrected chi connectivity index (χ2v) is 6.86. The van der Waals surface area contributed by atoms with Crippen molar-refractivity contribution in [3.63, 3.8) is 0 Å². The van der Waals surface area contributed by atoms with E-state index in [2.05, 4.69) is 56.6 Å². The fraction of sp³-hybridized carbons (Fsp3) is 0.400. The summed E-state index contributed by atoms with van der Waals surface area (Å²) in [6.45, 7) is 1.14. The van der Waals surface area contributed by atoms with E-state index >= 15 is 0 Å². The van der Waals surface area contributed by atoms with Gasteiger partial charge in [0, 0.05) is 18.4 Å². The Labute approximate surface area is 139 Å².